The first-order valence-corrected chi connectivity index (χ1v) is 6.58. The first-order valence-electron chi connectivity index (χ1n) is 6.58. The van der Waals surface area contributed by atoms with Gasteiger partial charge in [-0.05, 0) is 49.4 Å². The van der Waals surface area contributed by atoms with Crippen molar-refractivity contribution in [3.63, 3.8) is 0 Å². The van der Waals surface area contributed by atoms with Crippen LogP contribution in [-0.4, -0.2) is 16.6 Å². The number of fused-ring (bicyclic) bond motifs is 1. The summed E-state index contributed by atoms with van der Waals surface area (Å²) in [6.07, 6.45) is 0. The van der Waals surface area contributed by atoms with Crippen LogP contribution in [0.4, 0.5) is 17.1 Å². The minimum atomic E-state index is 0.776. The maximum absolute atomic E-state index is 5.73. The molecule has 0 aliphatic rings. The van der Waals surface area contributed by atoms with Gasteiger partial charge in [-0.25, -0.2) is 4.98 Å². The van der Waals surface area contributed by atoms with Crippen LogP contribution in [0.5, 0.6) is 0 Å². The summed E-state index contributed by atoms with van der Waals surface area (Å²) in [5.74, 6) is 1.02. The fourth-order valence-corrected chi connectivity index (χ4v) is 2.36. The molecule has 0 atom stereocenters. The number of imidazole rings is 1. The van der Waals surface area contributed by atoms with Crippen LogP contribution in [0.1, 0.15) is 5.82 Å². The molecule has 0 amide bonds. The Morgan fingerprint density at radius 3 is 2.40 bits per heavy atom. The molecule has 0 unspecified atom stereocenters. The van der Waals surface area contributed by atoms with E-state index in [2.05, 4.69) is 32.7 Å². The summed E-state index contributed by atoms with van der Waals surface area (Å²) >= 11 is 0. The van der Waals surface area contributed by atoms with Gasteiger partial charge in [0.25, 0.3) is 0 Å². The monoisotopic (exact) mass is 266 g/mol. The lowest BCUT2D eigenvalue weighted by Crippen LogP contribution is -2.09. The van der Waals surface area contributed by atoms with Crippen LogP contribution in [0, 0.1) is 6.92 Å². The van der Waals surface area contributed by atoms with Gasteiger partial charge in [-0.2, -0.15) is 0 Å². The highest BCUT2D eigenvalue weighted by Gasteiger charge is 2.08. The second kappa shape index (κ2) is 4.56. The highest BCUT2D eigenvalue weighted by molar-refractivity contribution is 5.82. The molecule has 0 fully saturated rings. The molecular formula is C16H18N4. The molecule has 3 rings (SSSR count). The number of anilines is 3. The van der Waals surface area contributed by atoms with Crippen molar-refractivity contribution in [2.45, 2.75) is 6.92 Å². The molecule has 2 N–H and O–H groups in total. The van der Waals surface area contributed by atoms with E-state index in [1.165, 1.54) is 0 Å². The minimum absolute atomic E-state index is 0.776. The summed E-state index contributed by atoms with van der Waals surface area (Å²) in [6, 6.07) is 14.2. The zero-order valence-electron chi connectivity index (χ0n) is 12.0. The van der Waals surface area contributed by atoms with E-state index in [0.717, 1.165) is 33.9 Å². The quantitative estimate of drug-likeness (QED) is 0.724. The highest BCUT2D eigenvalue weighted by Crippen LogP contribution is 2.27. The van der Waals surface area contributed by atoms with Crippen LogP contribution < -0.4 is 10.6 Å². The third kappa shape index (κ3) is 1.99. The lowest BCUT2D eigenvalue weighted by molar-refractivity contribution is 0.886. The summed E-state index contributed by atoms with van der Waals surface area (Å²) in [5.41, 5.74) is 10.9. The average molecular weight is 266 g/mol. The predicted octanol–water partition coefficient (Wildman–Crippen LogP) is 3.23. The largest absolute Gasteiger partial charge is 0.399 e. The van der Waals surface area contributed by atoms with Crippen molar-refractivity contribution in [1.29, 1.82) is 0 Å². The number of nitrogens with two attached hydrogens (primary N) is 1. The Labute approximate surface area is 118 Å². The van der Waals surface area contributed by atoms with Gasteiger partial charge in [0.05, 0.1) is 11.0 Å². The van der Waals surface area contributed by atoms with Gasteiger partial charge in [-0.1, -0.05) is 0 Å². The van der Waals surface area contributed by atoms with Crippen molar-refractivity contribution in [1.82, 2.24) is 9.55 Å². The number of hydrogen-bond donors (Lipinski definition) is 1. The zero-order valence-corrected chi connectivity index (χ0v) is 12.0. The molecule has 2 aromatic carbocycles. The van der Waals surface area contributed by atoms with Gasteiger partial charge in [0, 0.05) is 31.2 Å². The number of benzene rings is 2. The summed E-state index contributed by atoms with van der Waals surface area (Å²) in [6.45, 7) is 2.02. The molecule has 0 aliphatic carbocycles. The third-order valence-electron chi connectivity index (χ3n) is 3.76. The fourth-order valence-electron chi connectivity index (χ4n) is 2.36. The number of nitrogens with zero attached hydrogens (tertiary/aromatic N) is 3. The smallest absolute Gasteiger partial charge is 0.106 e. The van der Waals surface area contributed by atoms with E-state index in [9.17, 15) is 0 Å². The van der Waals surface area contributed by atoms with Crippen LogP contribution >= 0.6 is 0 Å². The number of aromatic nitrogens is 2. The molecule has 20 heavy (non-hydrogen) atoms. The molecule has 1 heterocycles. The Kier molecular flexibility index (Phi) is 2.86. The normalized spacial score (nSPS) is 10.9. The van der Waals surface area contributed by atoms with Crippen molar-refractivity contribution < 1.29 is 0 Å². The second-order valence-electron chi connectivity index (χ2n) is 5.04. The summed E-state index contributed by atoms with van der Waals surface area (Å²) in [5, 5.41) is 0. The van der Waals surface area contributed by atoms with Crippen molar-refractivity contribution >= 4 is 28.1 Å². The molecule has 4 heteroatoms. The van der Waals surface area contributed by atoms with Gasteiger partial charge in [0.2, 0.25) is 0 Å². The number of aryl methyl sites for hydroxylation is 2. The summed E-state index contributed by atoms with van der Waals surface area (Å²) < 4.78 is 2.10. The molecule has 0 radical (unpaired) electrons. The Morgan fingerprint density at radius 2 is 1.70 bits per heavy atom. The molecule has 4 nitrogen and oxygen atoms in total. The Morgan fingerprint density at radius 1 is 1.05 bits per heavy atom. The maximum Gasteiger partial charge on any atom is 0.106 e. The average Bonchev–Trinajstić information content (AvgIpc) is 2.74. The van der Waals surface area contributed by atoms with Crippen molar-refractivity contribution in [2.24, 2.45) is 7.05 Å². The van der Waals surface area contributed by atoms with Gasteiger partial charge in [-0.3, -0.25) is 0 Å². The number of rotatable bonds is 2. The van der Waals surface area contributed by atoms with Crippen LogP contribution in [0.3, 0.4) is 0 Å². The molecule has 0 bridgehead atoms. The Balaban J connectivity index is 2.03. The van der Waals surface area contributed by atoms with Gasteiger partial charge in [-0.15, -0.1) is 0 Å². The molecule has 0 spiro atoms. The zero-order chi connectivity index (χ0) is 14.3. The van der Waals surface area contributed by atoms with Crippen LogP contribution in [0.2, 0.25) is 0 Å². The highest BCUT2D eigenvalue weighted by atomic mass is 15.1. The van der Waals surface area contributed by atoms with Crippen molar-refractivity contribution in [3.05, 3.63) is 48.3 Å². The fraction of sp³-hybridized carbons (Fsp3) is 0.188. The summed E-state index contributed by atoms with van der Waals surface area (Å²) in [7, 11) is 4.08. The van der Waals surface area contributed by atoms with E-state index in [4.69, 9.17) is 5.73 Å². The predicted molar refractivity (Wildman–Crippen MR) is 84.4 cm³/mol. The SMILES string of the molecule is Cc1nc2cc(N(C)c3ccc(N)cc3)ccc2n1C. The molecule has 1 aromatic heterocycles. The third-order valence-corrected chi connectivity index (χ3v) is 3.76. The van der Waals surface area contributed by atoms with Crippen LogP contribution in [-0.2, 0) is 7.05 Å². The second-order valence-corrected chi connectivity index (χ2v) is 5.04. The van der Waals surface area contributed by atoms with E-state index in [0.29, 0.717) is 0 Å². The topological polar surface area (TPSA) is 47.1 Å². The maximum atomic E-state index is 5.73. The molecular weight excluding hydrogens is 248 g/mol. The van der Waals surface area contributed by atoms with E-state index < -0.39 is 0 Å². The molecule has 102 valence electrons. The van der Waals surface area contributed by atoms with E-state index in [-0.39, 0.29) is 0 Å². The van der Waals surface area contributed by atoms with Gasteiger partial charge in [0.1, 0.15) is 5.82 Å². The molecule has 0 saturated carbocycles. The molecule has 3 aromatic rings. The van der Waals surface area contributed by atoms with E-state index >= 15 is 0 Å². The lowest BCUT2D eigenvalue weighted by atomic mass is 10.2. The van der Waals surface area contributed by atoms with Gasteiger partial charge < -0.3 is 15.2 Å². The molecule has 0 saturated heterocycles. The first kappa shape index (κ1) is 12.5. The lowest BCUT2D eigenvalue weighted by Gasteiger charge is -2.19. The Bertz CT molecular complexity index is 756. The van der Waals surface area contributed by atoms with Crippen molar-refractivity contribution in [3.8, 4) is 0 Å². The standard InChI is InChI=1S/C16H18N4/c1-11-18-15-10-14(8-9-16(15)19(11)2)20(3)13-6-4-12(17)5-7-13/h4-10H,17H2,1-3H3. The Hall–Kier alpha value is -2.49. The van der Waals surface area contributed by atoms with Gasteiger partial charge >= 0.3 is 0 Å². The molecule has 0 aliphatic heterocycles. The first-order chi connectivity index (χ1) is 9.56. The van der Waals surface area contributed by atoms with E-state index in [1.54, 1.807) is 0 Å². The van der Waals surface area contributed by atoms with E-state index in [1.807, 2.05) is 45.3 Å². The van der Waals surface area contributed by atoms with Gasteiger partial charge in [0.15, 0.2) is 0 Å². The number of nitrogen functional groups attached to an aromatic ring is 1. The number of hydrogen-bond acceptors (Lipinski definition) is 3. The summed E-state index contributed by atoms with van der Waals surface area (Å²) in [4.78, 5) is 6.71. The van der Waals surface area contributed by atoms with Crippen molar-refractivity contribution in [2.75, 3.05) is 17.7 Å². The van der Waals surface area contributed by atoms with Crippen LogP contribution in [0.15, 0.2) is 42.5 Å². The minimum Gasteiger partial charge on any atom is -0.399 e. The van der Waals surface area contributed by atoms with Crippen LogP contribution in [0.25, 0.3) is 11.0 Å².